The van der Waals surface area contributed by atoms with Gasteiger partial charge in [0.15, 0.2) is 16.1 Å². The van der Waals surface area contributed by atoms with E-state index in [1.165, 1.54) is 41.5 Å². The van der Waals surface area contributed by atoms with Crippen LogP contribution in [0.15, 0.2) is 205 Å². The predicted octanol–water partition coefficient (Wildman–Crippen LogP) is 5.20. The first-order valence-electron chi connectivity index (χ1n) is 15.4. The highest BCUT2D eigenvalue weighted by atomic mass is 79.9. The summed E-state index contributed by atoms with van der Waals surface area (Å²) in [6, 6.07) is 74.5. The van der Waals surface area contributed by atoms with Gasteiger partial charge in [-0.15, -0.1) is 0 Å². The van der Waals surface area contributed by atoms with E-state index in [1.807, 2.05) is 0 Å². The molecule has 0 bridgehead atoms. The number of hydrogen-bond donors (Lipinski definition) is 0. The van der Waals surface area contributed by atoms with Crippen molar-refractivity contribution in [3.63, 3.8) is 0 Å². The van der Waals surface area contributed by atoms with Gasteiger partial charge in [-0.25, -0.2) is 0 Å². The van der Waals surface area contributed by atoms with E-state index in [1.54, 1.807) is 0 Å². The van der Waals surface area contributed by atoms with E-state index in [0.29, 0.717) is 0 Å². The Labute approximate surface area is 276 Å². The van der Waals surface area contributed by atoms with E-state index < -0.39 is 16.1 Å². The minimum Gasteiger partial charge on any atom is -0.0623 e. The second kappa shape index (κ2) is 12.8. The third-order valence-corrected chi connectivity index (χ3v) is 19.0. The molecule has 216 valence electrons. The fourth-order valence-electron chi connectivity index (χ4n) is 7.15. The van der Waals surface area contributed by atoms with Crippen LogP contribution < -0.4 is 41.5 Å². The van der Waals surface area contributed by atoms with Gasteiger partial charge in [0.2, 0.25) is 0 Å². The second-order valence-corrected chi connectivity index (χ2v) is 20.0. The Bertz CT molecular complexity index is 1640. The third kappa shape index (κ3) is 5.17. The van der Waals surface area contributed by atoms with Gasteiger partial charge in [0.05, 0.1) is 0 Å². The molecule has 0 aromatic heterocycles. The first-order valence-corrected chi connectivity index (χ1v) is 20.2. The average Bonchev–Trinajstić information content (AvgIpc) is 3.12. The Kier molecular flexibility index (Phi) is 8.31. The highest BCUT2D eigenvalue weighted by Gasteiger charge is 2.45. The van der Waals surface area contributed by atoms with Gasteiger partial charge in [0, 0.05) is 4.47 Å². The van der Waals surface area contributed by atoms with Crippen LogP contribution in [-0.2, 0) is 0 Å². The molecule has 0 spiro atoms. The lowest BCUT2D eigenvalue weighted by molar-refractivity contribution is 1.64. The second-order valence-electron chi connectivity index (χ2n) is 11.4. The van der Waals surface area contributed by atoms with E-state index in [-0.39, 0.29) is 0 Å². The van der Waals surface area contributed by atoms with Crippen LogP contribution >= 0.6 is 15.9 Å². The largest absolute Gasteiger partial charge is 0.179 e. The molecule has 0 aliphatic rings. The molecule has 45 heavy (non-hydrogen) atoms. The van der Waals surface area contributed by atoms with Gasteiger partial charge in [-0.3, -0.25) is 0 Å². The minimum absolute atomic E-state index is 1.11. The Morgan fingerprint density at radius 3 is 0.644 bits per heavy atom. The molecular weight excluding hydrogens is 641 g/mol. The first-order chi connectivity index (χ1) is 22.2. The Morgan fingerprint density at radius 2 is 0.444 bits per heavy atom. The van der Waals surface area contributed by atoms with Gasteiger partial charge in [0.1, 0.15) is 0 Å². The van der Waals surface area contributed by atoms with E-state index in [9.17, 15) is 0 Å². The maximum atomic E-state index is 4.08. The van der Waals surface area contributed by atoms with Crippen molar-refractivity contribution < 1.29 is 0 Å². The summed E-state index contributed by atoms with van der Waals surface area (Å²) < 4.78 is 1.11. The summed E-state index contributed by atoms with van der Waals surface area (Å²) in [5, 5.41) is 11.0. The van der Waals surface area contributed by atoms with Crippen LogP contribution in [0.4, 0.5) is 0 Å². The van der Waals surface area contributed by atoms with Crippen molar-refractivity contribution in [1.29, 1.82) is 0 Å². The molecule has 0 heterocycles. The molecule has 0 aliphatic carbocycles. The van der Waals surface area contributed by atoms with Crippen molar-refractivity contribution in [3.05, 3.63) is 205 Å². The lowest BCUT2D eigenvalue weighted by Crippen LogP contribution is -2.78. The number of rotatable bonds is 8. The van der Waals surface area contributed by atoms with Crippen LogP contribution in [-0.4, -0.2) is 16.1 Å². The fourth-order valence-corrected chi connectivity index (χ4v) is 17.9. The third-order valence-electron chi connectivity index (χ3n) is 9.00. The summed E-state index contributed by atoms with van der Waals surface area (Å²) in [4.78, 5) is 0. The summed E-state index contributed by atoms with van der Waals surface area (Å²) in [7, 11) is -5.50. The molecule has 0 radical (unpaired) electrons. The summed E-state index contributed by atoms with van der Waals surface area (Å²) in [5.74, 6) is 0. The fraction of sp³-hybridized carbons (Fsp3) is 0. The molecule has 0 saturated carbocycles. The van der Waals surface area contributed by atoms with Gasteiger partial charge < -0.3 is 0 Å². The van der Waals surface area contributed by atoms with Gasteiger partial charge in [-0.1, -0.05) is 204 Å². The number of halogens is 1. The number of hydrogen-bond acceptors (Lipinski definition) is 0. The zero-order valence-corrected chi connectivity index (χ0v) is 28.5. The summed E-state index contributed by atoms with van der Waals surface area (Å²) >= 11 is 4.08. The molecular formula is C42H33BrSi2. The maximum Gasteiger partial charge on any atom is 0.179 e. The normalized spacial score (nSPS) is 11.7. The monoisotopic (exact) mass is 672 g/mol. The number of benzene rings is 7. The Hall–Kier alpha value is -4.55. The molecule has 0 aliphatic heterocycles. The smallest absolute Gasteiger partial charge is 0.0623 e. The molecule has 0 N–H and O–H groups in total. The molecule has 7 rings (SSSR count). The van der Waals surface area contributed by atoms with Crippen LogP contribution in [0.1, 0.15) is 0 Å². The van der Waals surface area contributed by atoms with E-state index in [2.05, 4.69) is 216 Å². The molecule has 7 aromatic rings. The molecule has 3 heteroatoms. The molecule has 0 saturated heterocycles. The average molecular weight is 674 g/mol. The molecule has 0 fully saturated rings. The minimum atomic E-state index is -2.75. The standard InChI is InChI=1S/C42H33BrSi2/c43-34-31-41(44(35-19-7-1-8-20-35,36-21-9-2-10-22-36)37-23-11-3-12-24-37)33-42(32-34)45(38-25-13-4-14-26-38,39-27-15-5-16-28-39)40-29-17-6-18-30-40/h1-33H. The molecule has 0 nitrogen and oxygen atoms in total. The van der Waals surface area contributed by atoms with Crippen molar-refractivity contribution in [2.45, 2.75) is 0 Å². The van der Waals surface area contributed by atoms with Crippen molar-refractivity contribution in [1.82, 2.24) is 0 Å². The summed E-state index contributed by atoms with van der Waals surface area (Å²) in [5.41, 5.74) is 0. The van der Waals surface area contributed by atoms with Crippen LogP contribution in [0.5, 0.6) is 0 Å². The van der Waals surface area contributed by atoms with Crippen molar-refractivity contribution in [3.8, 4) is 0 Å². The SMILES string of the molecule is Brc1cc([Si](c2ccccc2)(c2ccccc2)c2ccccc2)cc([Si](c2ccccc2)(c2ccccc2)c2ccccc2)c1. The van der Waals surface area contributed by atoms with Crippen LogP contribution in [0, 0.1) is 0 Å². The van der Waals surface area contributed by atoms with Crippen LogP contribution in [0.25, 0.3) is 0 Å². The summed E-state index contributed by atoms with van der Waals surface area (Å²) in [6.45, 7) is 0. The highest BCUT2D eigenvalue weighted by molar-refractivity contribution is 9.10. The topological polar surface area (TPSA) is 0 Å². The highest BCUT2D eigenvalue weighted by Crippen LogP contribution is 2.17. The summed E-state index contributed by atoms with van der Waals surface area (Å²) in [6.07, 6.45) is 0. The van der Waals surface area contributed by atoms with E-state index in [0.717, 1.165) is 4.47 Å². The molecule has 0 atom stereocenters. The van der Waals surface area contributed by atoms with E-state index >= 15 is 0 Å². The quantitative estimate of drug-likeness (QED) is 0.154. The van der Waals surface area contributed by atoms with E-state index in [4.69, 9.17) is 0 Å². The van der Waals surface area contributed by atoms with Crippen molar-refractivity contribution in [2.24, 2.45) is 0 Å². The van der Waals surface area contributed by atoms with Gasteiger partial charge in [0.25, 0.3) is 0 Å². The molecule has 0 unspecified atom stereocenters. The lowest BCUT2D eigenvalue weighted by atomic mass is 10.3. The van der Waals surface area contributed by atoms with Gasteiger partial charge in [-0.05, 0) is 53.6 Å². The van der Waals surface area contributed by atoms with Gasteiger partial charge in [-0.2, -0.15) is 0 Å². The zero-order valence-electron chi connectivity index (χ0n) is 24.9. The lowest BCUT2D eigenvalue weighted by Gasteiger charge is -2.38. The van der Waals surface area contributed by atoms with Crippen LogP contribution in [0.2, 0.25) is 0 Å². The predicted molar refractivity (Wildman–Crippen MR) is 201 cm³/mol. The van der Waals surface area contributed by atoms with Crippen molar-refractivity contribution >= 4 is 73.6 Å². The van der Waals surface area contributed by atoms with Gasteiger partial charge >= 0.3 is 0 Å². The molecule has 0 amide bonds. The maximum absolute atomic E-state index is 4.08. The van der Waals surface area contributed by atoms with Crippen molar-refractivity contribution in [2.75, 3.05) is 0 Å². The molecule has 7 aromatic carbocycles. The zero-order chi connectivity index (χ0) is 30.5. The Balaban J connectivity index is 1.64. The Morgan fingerprint density at radius 1 is 0.244 bits per heavy atom. The van der Waals surface area contributed by atoms with Crippen LogP contribution in [0.3, 0.4) is 0 Å². The first kappa shape index (κ1) is 29.2.